The van der Waals surface area contributed by atoms with Crippen molar-refractivity contribution in [1.82, 2.24) is 4.98 Å². The summed E-state index contributed by atoms with van der Waals surface area (Å²) in [4.78, 5) is 27.2. The molecule has 0 atom stereocenters. The first kappa shape index (κ1) is 14.4. The molecule has 0 spiro atoms. The van der Waals surface area contributed by atoms with E-state index in [1.54, 1.807) is 18.2 Å². The summed E-state index contributed by atoms with van der Waals surface area (Å²) in [5, 5.41) is 10.7. The summed E-state index contributed by atoms with van der Waals surface area (Å²) in [6.45, 7) is 3.92. The summed E-state index contributed by atoms with van der Waals surface area (Å²) < 4.78 is 0. The average Bonchev–Trinajstić information content (AvgIpc) is 2.51. The fourth-order valence-corrected chi connectivity index (χ4v) is 2.72. The molecule has 5 heteroatoms. The normalized spacial score (nSPS) is 16.2. The molecule has 22 heavy (non-hydrogen) atoms. The Morgan fingerprint density at radius 1 is 1.14 bits per heavy atom. The fourth-order valence-electron chi connectivity index (χ4n) is 2.72. The zero-order valence-corrected chi connectivity index (χ0v) is 12.5. The Bertz CT molecular complexity index is 764. The van der Waals surface area contributed by atoms with Gasteiger partial charge in [-0.15, -0.1) is 0 Å². The summed E-state index contributed by atoms with van der Waals surface area (Å²) in [7, 11) is 0. The number of ketones is 1. The molecule has 2 aromatic rings. The van der Waals surface area contributed by atoms with Crippen LogP contribution in [0.5, 0.6) is 0 Å². The predicted molar refractivity (Wildman–Crippen MR) is 82.8 cm³/mol. The van der Waals surface area contributed by atoms with Gasteiger partial charge in [-0.05, 0) is 37.1 Å². The lowest BCUT2D eigenvalue weighted by Crippen LogP contribution is -2.31. The lowest BCUT2D eigenvalue weighted by Gasteiger charge is -2.29. The zero-order valence-electron chi connectivity index (χ0n) is 12.5. The maximum absolute atomic E-state index is 12.4. The van der Waals surface area contributed by atoms with Crippen LogP contribution in [0.25, 0.3) is 11.3 Å². The van der Waals surface area contributed by atoms with Crippen LogP contribution in [0.4, 0.5) is 5.69 Å². The molecule has 1 aromatic heterocycles. The number of nitrogens with zero attached hydrogens (tertiary/aromatic N) is 2. The van der Waals surface area contributed by atoms with Gasteiger partial charge in [-0.2, -0.15) is 0 Å². The largest absolute Gasteiger partial charge is 0.294 e. The van der Waals surface area contributed by atoms with E-state index >= 15 is 0 Å². The first-order valence-corrected chi connectivity index (χ1v) is 7.18. The van der Waals surface area contributed by atoms with Crippen LogP contribution in [0.1, 0.15) is 36.3 Å². The molecule has 112 valence electrons. The number of hydrogen-bond acceptors (Lipinski definition) is 4. The third-order valence-electron chi connectivity index (χ3n) is 4.19. The highest BCUT2D eigenvalue weighted by Crippen LogP contribution is 2.35. The smallest absolute Gasteiger partial charge is 0.269 e. The second-order valence-corrected chi connectivity index (χ2v) is 6.21. The second kappa shape index (κ2) is 5.02. The van der Waals surface area contributed by atoms with Crippen LogP contribution in [0, 0.1) is 15.5 Å². The number of carbonyl (C=O) groups is 1. The van der Waals surface area contributed by atoms with Crippen molar-refractivity contribution in [3.8, 4) is 11.3 Å². The number of Topliss-reactive ketones (excluding diaryl/α,β-unsaturated/α-hetero) is 1. The number of aromatic nitrogens is 1. The molecule has 1 aliphatic carbocycles. The van der Waals surface area contributed by atoms with Crippen molar-refractivity contribution in [2.45, 2.75) is 26.7 Å². The first-order chi connectivity index (χ1) is 10.4. The van der Waals surface area contributed by atoms with Crippen LogP contribution < -0.4 is 0 Å². The van der Waals surface area contributed by atoms with E-state index in [-0.39, 0.29) is 16.9 Å². The fraction of sp³-hybridized carbons (Fsp3) is 0.294. The van der Waals surface area contributed by atoms with Gasteiger partial charge in [0.05, 0.1) is 16.3 Å². The van der Waals surface area contributed by atoms with Gasteiger partial charge in [-0.1, -0.05) is 13.8 Å². The van der Waals surface area contributed by atoms with Gasteiger partial charge in [-0.3, -0.25) is 19.9 Å². The average molecular weight is 296 g/mol. The number of nitro benzene ring substituents is 1. The van der Waals surface area contributed by atoms with E-state index in [1.165, 1.54) is 12.1 Å². The highest BCUT2D eigenvalue weighted by molar-refractivity contribution is 6.02. The Morgan fingerprint density at radius 2 is 1.82 bits per heavy atom. The maximum Gasteiger partial charge on any atom is 0.269 e. The molecule has 0 saturated heterocycles. The van der Waals surface area contributed by atoms with Crippen molar-refractivity contribution in [3.63, 3.8) is 0 Å². The highest BCUT2D eigenvalue weighted by Gasteiger charge is 2.34. The van der Waals surface area contributed by atoms with Crippen LogP contribution in [0.2, 0.25) is 0 Å². The van der Waals surface area contributed by atoms with Crippen molar-refractivity contribution in [1.29, 1.82) is 0 Å². The van der Waals surface area contributed by atoms with Crippen molar-refractivity contribution >= 4 is 11.5 Å². The minimum absolute atomic E-state index is 0.0543. The number of fused-ring (bicyclic) bond motifs is 1. The Balaban J connectivity index is 1.98. The molecule has 0 N–H and O–H groups in total. The van der Waals surface area contributed by atoms with E-state index in [2.05, 4.69) is 4.98 Å². The summed E-state index contributed by atoms with van der Waals surface area (Å²) in [6.07, 6.45) is 1.56. The molecule has 0 fully saturated rings. The number of hydrogen-bond donors (Lipinski definition) is 0. The number of benzene rings is 1. The molecule has 1 heterocycles. The molecule has 0 aliphatic heterocycles. The summed E-state index contributed by atoms with van der Waals surface area (Å²) >= 11 is 0. The Kier molecular flexibility index (Phi) is 3.28. The molecular formula is C17H16N2O3. The van der Waals surface area contributed by atoms with E-state index < -0.39 is 4.92 Å². The van der Waals surface area contributed by atoms with E-state index in [4.69, 9.17) is 0 Å². The van der Waals surface area contributed by atoms with Crippen LogP contribution in [0.3, 0.4) is 0 Å². The number of pyridine rings is 1. The first-order valence-electron chi connectivity index (χ1n) is 7.18. The SMILES string of the molecule is CC1(C)CCc2nc(-c3ccc([N+](=O)[O-])cc3)ccc2C1=O. The summed E-state index contributed by atoms with van der Waals surface area (Å²) in [6, 6.07) is 9.92. The number of aryl methyl sites for hydroxylation is 1. The maximum atomic E-state index is 12.4. The van der Waals surface area contributed by atoms with E-state index in [0.29, 0.717) is 5.56 Å². The highest BCUT2D eigenvalue weighted by atomic mass is 16.6. The van der Waals surface area contributed by atoms with E-state index in [1.807, 2.05) is 19.9 Å². The minimum Gasteiger partial charge on any atom is -0.294 e. The van der Waals surface area contributed by atoms with Crippen molar-refractivity contribution in [2.75, 3.05) is 0 Å². The molecular weight excluding hydrogens is 280 g/mol. The monoisotopic (exact) mass is 296 g/mol. The Morgan fingerprint density at radius 3 is 2.45 bits per heavy atom. The van der Waals surface area contributed by atoms with Gasteiger partial charge in [0.15, 0.2) is 5.78 Å². The molecule has 1 aromatic carbocycles. The van der Waals surface area contributed by atoms with Gasteiger partial charge < -0.3 is 0 Å². The molecule has 0 unspecified atom stereocenters. The van der Waals surface area contributed by atoms with E-state index in [0.717, 1.165) is 29.8 Å². The number of nitro groups is 1. The molecule has 0 bridgehead atoms. The zero-order chi connectivity index (χ0) is 15.9. The quantitative estimate of drug-likeness (QED) is 0.624. The summed E-state index contributed by atoms with van der Waals surface area (Å²) in [5.74, 6) is 0.136. The molecule has 0 saturated carbocycles. The van der Waals surface area contributed by atoms with Crippen LogP contribution in [-0.2, 0) is 6.42 Å². The van der Waals surface area contributed by atoms with E-state index in [9.17, 15) is 14.9 Å². The lowest BCUT2D eigenvalue weighted by molar-refractivity contribution is -0.384. The third-order valence-corrected chi connectivity index (χ3v) is 4.19. The minimum atomic E-state index is -0.426. The van der Waals surface area contributed by atoms with Crippen molar-refractivity contribution in [3.05, 3.63) is 57.8 Å². The van der Waals surface area contributed by atoms with Crippen LogP contribution >= 0.6 is 0 Å². The predicted octanol–water partition coefficient (Wildman–Crippen LogP) is 3.81. The van der Waals surface area contributed by atoms with Crippen molar-refractivity contribution < 1.29 is 9.72 Å². The topological polar surface area (TPSA) is 73.1 Å². The third kappa shape index (κ3) is 2.39. The molecule has 0 radical (unpaired) electrons. The molecule has 1 aliphatic rings. The number of rotatable bonds is 2. The second-order valence-electron chi connectivity index (χ2n) is 6.21. The molecule has 3 rings (SSSR count). The van der Waals surface area contributed by atoms with Gasteiger partial charge in [0, 0.05) is 28.7 Å². The Labute approximate surface area is 128 Å². The number of carbonyl (C=O) groups excluding carboxylic acids is 1. The summed E-state index contributed by atoms with van der Waals surface area (Å²) in [5.41, 5.74) is 2.79. The standard InChI is InChI=1S/C17H16N2O3/c1-17(2)10-9-15-13(16(17)20)7-8-14(18-15)11-3-5-12(6-4-11)19(21)22/h3-8H,9-10H2,1-2H3. The van der Waals surface area contributed by atoms with Gasteiger partial charge in [0.2, 0.25) is 0 Å². The van der Waals surface area contributed by atoms with Gasteiger partial charge in [0.1, 0.15) is 0 Å². The van der Waals surface area contributed by atoms with Gasteiger partial charge >= 0.3 is 0 Å². The Hall–Kier alpha value is -2.56. The van der Waals surface area contributed by atoms with Crippen molar-refractivity contribution in [2.24, 2.45) is 5.41 Å². The van der Waals surface area contributed by atoms with Gasteiger partial charge in [0.25, 0.3) is 5.69 Å². The van der Waals surface area contributed by atoms with Crippen LogP contribution in [-0.4, -0.2) is 15.7 Å². The van der Waals surface area contributed by atoms with Gasteiger partial charge in [-0.25, -0.2) is 0 Å². The number of non-ortho nitro benzene ring substituents is 1. The van der Waals surface area contributed by atoms with Crippen LogP contribution in [0.15, 0.2) is 36.4 Å². The molecule has 5 nitrogen and oxygen atoms in total. The lowest BCUT2D eigenvalue weighted by atomic mass is 9.75. The molecule has 0 amide bonds.